The highest BCUT2D eigenvalue weighted by molar-refractivity contribution is 4.90. The zero-order valence-corrected chi connectivity index (χ0v) is 9.07. The lowest BCUT2D eigenvalue weighted by Crippen LogP contribution is -2.37. The first-order valence-electron chi connectivity index (χ1n) is 5.03. The van der Waals surface area contributed by atoms with Crippen molar-refractivity contribution < 1.29 is 0 Å². The van der Waals surface area contributed by atoms with Crippen LogP contribution >= 0.6 is 0 Å². The van der Waals surface area contributed by atoms with Crippen molar-refractivity contribution in [2.24, 2.45) is 5.84 Å². The van der Waals surface area contributed by atoms with E-state index in [0.29, 0.717) is 6.04 Å². The average molecular weight is 197 g/mol. The average Bonchev–Trinajstić information content (AvgIpc) is 2.62. The molecule has 1 aromatic rings. The smallest absolute Gasteiger partial charge is 0.138 e. The number of hydrogen-bond donors (Lipinski definition) is 2. The van der Waals surface area contributed by atoms with Gasteiger partial charge in [-0.25, -0.2) is 9.67 Å². The maximum atomic E-state index is 5.42. The van der Waals surface area contributed by atoms with Crippen molar-refractivity contribution in [3.05, 3.63) is 12.2 Å². The maximum Gasteiger partial charge on any atom is 0.138 e. The SMILES string of the molecule is CCC(Cc1ncnn1C(C)C)NN. The Morgan fingerprint density at radius 2 is 2.29 bits per heavy atom. The van der Waals surface area contributed by atoms with Gasteiger partial charge < -0.3 is 0 Å². The molecule has 1 heterocycles. The third-order valence-corrected chi connectivity index (χ3v) is 2.29. The first-order chi connectivity index (χ1) is 6.69. The van der Waals surface area contributed by atoms with Crippen molar-refractivity contribution in [1.29, 1.82) is 0 Å². The fourth-order valence-electron chi connectivity index (χ4n) is 1.39. The topological polar surface area (TPSA) is 68.8 Å². The number of hydrazine groups is 1. The van der Waals surface area contributed by atoms with Crippen LogP contribution in [0.1, 0.15) is 39.1 Å². The largest absolute Gasteiger partial charge is 0.271 e. The molecule has 1 atom stereocenters. The second kappa shape index (κ2) is 5.07. The first-order valence-corrected chi connectivity index (χ1v) is 5.03. The van der Waals surface area contributed by atoms with Gasteiger partial charge >= 0.3 is 0 Å². The van der Waals surface area contributed by atoms with Crippen LogP contribution < -0.4 is 11.3 Å². The molecule has 5 nitrogen and oxygen atoms in total. The monoisotopic (exact) mass is 197 g/mol. The van der Waals surface area contributed by atoms with Gasteiger partial charge in [0.1, 0.15) is 12.2 Å². The lowest BCUT2D eigenvalue weighted by atomic mass is 10.1. The molecule has 3 N–H and O–H groups in total. The van der Waals surface area contributed by atoms with E-state index < -0.39 is 0 Å². The van der Waals surface area contributed by atoms with Gasteiger partial charge in [-0.3, -0.25) is 11.3 Å². The highest BCUT2D eigenvalue weighted by atomic mass is 15.3. The van der Waals surface area contributed by atoms with E-state index in [1.165, 1.54) is 0 Å². The minimum absolute atomic E-state index is 0.275. The second-order valence-electron chi connectivity index (χ2n) is 3.69. The summed E-state index contributed by atoms with van der Waals surface area (Å²) in [6, 6.07) is 0.625. The molecule has 1 rings (SSSR count). The van der Waals surface area contributed by atoms with Gasteiger partial charge in [0.05, 0.1) is 0 Å². The van der Waals surface area contributed by atoms with Gasteiger partial charge in [0.15, 0.2) is 0 Å². The standard InChI is InChI=1S/C9H19N5/c1-4-8(13-10)5-9-11-6-12-14(9)7(2)3/h6-8,13H,4-5,10H2,1-3H3. The summed E-state index contributed by atoms with van der Waals surface area (Å²) in [4.78, 5) is 4.23. The predicted molar refractivity (Wildman–Crippen MR) is 55.5 cm³/mol. The molecule has 80 valence electrons. The Kier molecular flexibility index (Phi) is 4.03. The van der Waals surface area contributed by atoms with E-state index in [2.05, 4.69) is 36.3 Å². The molecule has 1 aromatic heterocycles. The van der Waals surface area contributed by atoms with E-state index in [0.717, 1.165) is 18.7 Å². The quantitative estimate of drug-likeness (QED) is 0.537. The molecule has 0 bridgehead atoms. The van der Waals surface area contributed by atoms with Crippen molar-refractivity contribution in [1.82, 2.24) is 20.2 Å². The molecule has 0 spiro atoms. The summed E-state index contributed by atoms with van der Waals surface area (Å²) in [5.41, 5.74) is 2.78. The van der Waals surface area contributed by atoms with Crippen molar-refractivity contribution in [3.8, 4) is 0 Å². The Hall–Kier alpha value is -0.940. The molecule has 0 aliphatic heterocycles. The predicted octanol–water partition coefficient (Wildman–Crippen LogP) is 0.643. The summed E-state index contributed by atoms with van der Waals surface area (Å²) >= 11 is 0. The molecule has 0 aliphatic carbocycles. The third-order valence-electron chi connectivity index (χ3n) is 2.29. The number of hydrogen-bond acceptors (Lipinski definition) is 4. The minimum Gasteiger partial charge on any atom is -0.271 e. The van der Waals surface area contributed by atoms with Gasteiger partial charge in [-0.05, 0) is 20.3 Å². The molecule has 0 radical (unpaired) electrons. The summed E-state index contributed by atoms with van der Waals surface area (Å²) in [6.45, 7) is 6.28. The molecular formula is C9H19N5. The normalized spacial score (nSPS) is 13.5. The first kappa shape index (κ1) is 11.1. The Morgan fingerprint density at radius 3 is 2.79 bits per heavy atom. The Morgan fingerprint density at radius 1 is 1.57 bits per heavy atom. The van der Waals surface area contributed by atoms with Crippen LogP contribution in [0.2, 0.25) is 0 Å². The molecular weight excluding hydrogens is 178 g/mol. The molecule has 0 fully saturated rings. The van der Waals surface area contributed by atoms with Crippen LogP contribution in [-0.4, -0.2) is 20.8 Å². The molecule has 0 amide bonds. The molecule has 5 heteroatoms. The van der Waals surface area contributed by atoms with Crippen LogP contribution in [0, 0.1) is 0 Å². The summed E-state index contributed by atoms with van der Waals surface area (Å²) in [7, 11) is 0. The van der Waals surface area contributed by atoms with E-state index in [1.807, 2.05) is 4.68 Å². The molecule has 0 saturated heterocycles. The molecule has 14 heavy (non-hydrogen) atoms. The Balaban J connectivity index is 2.70. The lowest BCUT2D eigenvalue weighted by Gasteiger charge is -2.14. The van der Waals surface area contributed by atoms with Gasteiger partial charge in [-0.1, -0.05) is 6.92 Å². The zero-order chi connectivity index (χ0) is 10.6. The van der Waals surface area contributed by atoms with Crippen LogP contribution in [0.4, 0.5) is 0 Å². The molecule has 0 aliphatic rings. The number of nitrogens with zero attached hydrogens (tertiary/aromatic N) is 3. The van der Waals surface area contributed by atoms with Gasteiger partial charge in [-0.15, -0.1) is 0 Å². The van der Waals surface area contributed by atoms with Crippen LogP contribution in [0.3, 0.4) is 0 Å². The van der Waals surface area contributed by atoms with Gasteiger partial charge in [0.25, 0.3) is 0 Å². The number of nitrogens with one attached hydrogen (secondary N) is 1. The highest BCUT2D eigenvalue weighted by Crippen LogP contribution is 2.08. The zero-order valence-electron chi connectivity index (χ0n) is 9.07. The van der Waals surface area contributed by atoms with E-state index in [9.17, 15) is 0 Å². The van der Waals surface area contributed by atoms with Gasteiger partial charge in [0, 0.05) is 18.5 Å². The number of aromatic nitrogens is 3. The van der Waals surface area contributed by atoms with E-state index >= 15 is 0 Å². The number of rotatable bonds is 5. The Labute approximate surface area is 84.7 Å². The van der Waals surface area contributed by atoms with Crippen LogP contribution in [0.5, 0.6) is 0 Å². The minimum atomic E-state index is 0.275. The van der Waals surface area contributed by atoms with Crippen LogP contribution in [0.15, 0.2) is 6.33 Å². The maximum absolute atomic E-state index is 5.42. The van der Waals surface area contributed by atoms with Crippen LogP contribution in [-0.2, 0) is 6.42 Å². The fraction of sp³-hybridized carbons (Fsp3) is 0.778. The Bertz CT molecular complexity index is 264. The molecule has 1 unspecified atom stereocenters. The molecule has 0 saturated carbocycles. The third kappa shape index (κ3) is 2.52. The van der Waals surface area contributed by atoms with E-state index in [4.69, 9.17) is 5.84 Å². The van der Waals surface area contributed by atoms with Gasteiger partial charge in [-0.2, -0.15) is 5.10 Å². The highest BCUT2D eigenvalue weighted by Gasteiger charge is 2.12. The van der Waals surface area contributed by atoms with Crippen molar-refractivity contribution in [2.45, 2.75) is 45.7 Å². The fourth-order valence-corrected chi connectivity index (χ4v) is 1.39. The van der Waals surface area contributed by atoms with E-state index in [-0.39, 0.29) is 6.04 Å². The van der Waals surface area contributed by atoms with Crippen molar-refractivity contribution in [2.75, 3.05) is 0 Å². The summed E-state index contributed by atoms with van der Waals surface area (Å²) in [6.07, 6.45) is 3.41. The second-order valence-corrected chi connectivity index (χ2v) is 3.69. The van der Waals surface area contributed by atoms with Crippen molar-refractivity contribution in [3.63, 3.8) is 0 Å². The van der Waals surface area contributed by atoms with Crippen LogP contribution in [0.25, 0.3) is 0 Å². The summed E-state index contributed by atoms with van der Waals surface area (Å²) in [5.74, 6) is 6.41. The van der Waals surface area contributed by atoms with Crippen molar-refractivity contribution >= 4 is 0 Å². The number of nitrogens with two attached hydrogens (primary N) is 1. The van der Waals surface area contributed by atoms with E-state index in [1.54, 1.807) is 6.33 Å². The summed E-state index contributed by atoms with van der Waals surface area (Å²) in [5, 5.41) is 4.17. The lowest BCUT2D eigenvalue weighted by molar-refractivity contribution is 0.453. The van der Waals surface area contributed by atoms with Gasteiger partial charge in [0.2, 0.25) is 0 Å². The summed E-state index contributed by atoms with van der Waals surface area (Å²) < 4.78 is 1.93. The molecule has 0 aromatic carbocycles.